The Balaban J connectivity index is 1.50. The minimum atomic E-state index is -0.325. The summed E-state index contributed by atoms with van der Waals surface area (Å²) in [6.45, 7) is 0.646. The van der Waals surface area contributed by atoms with Crippen molar-refractivity contribution in [1.29, 1.82) is 5.26 Å². The highest BCUT2D eigenvalue weighted by Gasteiger charge is 2.09. The van der Waals surface area contributed by atoms with E-state index in [4.69, 9.17) is 14.7 Å². The topological polar surface area (TPSA) is 109 Å². The number of nitrogens with zero attached hydrogens (tertiary/aromatic N) is 3. The average molecular weight is 389 g/mol. The van der Waals surface area contributed by atoms with Crippen LogP contribution in [0.1, 0.15) is 16.1 Å². The average Bonchev–Trinajstić information content (AvgIpc) is 2.77. The Morgan fingerprint density at radius 3 is 2.48 bits per heavy atom. The summed E-state index contributed by atoms with van der Waals surface area (Å²) in [5.74, 6) is 1.40. The Hall–Kier alpha value is -4.12. The minimum absolute atomic E-state index is 0.237. The zero-order valence-corrected chi connectivity index (χ0v) is 15.8. The van der Waals surface area contributed by atoms with Crippen LogP contribution in [-0.4, -0.2) is 36.1 Å². The molecule has 0 aliphatic heterocycles. The maximum Gasteiger partial charge on any atom is 0.270 e. The Morgan fingerprint density at radius 1 is 1.07 bits per heavy atom. The van der Waals surface area contributed by atoms with Gasteiger partial charge in [0.1, 0.15) is 23.8 Å². The molecule has 8 nitrogen and oxygen atoms in total. The van der Waals surface area contributed by atoms with Crippen LogP contribution in [0.3, 0.4) is 0 Å². The van der Waals surface area contributed by atoms with Crippen LogP contribution >= 0.6 is 0 Å². The third-order valence-electron chi connectivity index (χ3n) is 3.87. The van der Waals surface area contributed by atoms with E-state index in [-0.39, 0.29) is 17.5 Å². The lowest BCUT2D eigenvalue weighted by Crippen LogP contribution is -2.29. The molecule has 0 unspecified atom stereocenters. The highest BCUT2D eigenvalue weighted by atomic mass is 16.5. The van der Waals surface area contributed by atoms with Crippen LogP contribution in [0.25, 0.3) is 0 Å². The molecule has 2 N–H and O–H groups in total. The second-order valence-electron chi connectivity index (χ2n) is 5.86. The Labute approximate surface area is 168 Å². The molecule has 8 heteroatoms. The number of aromatic nitrogens is 2. The number of nitrogens with one attached hydrogen (secondary N) is 2. The first-order valence-corrected chi connectivity index (χ1v) is 8.83. The van der Waals surface area contributed by atoms with Crippen molar-refractivity contribution in [3.8, 4) is 17.6 Å². The monoisotopic (exact) mass is 389 g/mol. The molecule has 1 heterocycles. The van der Waals surface area contributed by atoms with Gasteiger partial charge in [-0.05, 0) is 54.6 Å². The van der Waals surface area contributed by atoms with Crippen molar-refractivity contribution < 1.29 is 14.3 Å². The Kier molecular flexibility index (Phi) is 6.58. The van der Waals surface area contributed by atoms with Gasteiger partial charge >= 0.3 is 0 Å². The molecule has 0 fully saturated rings. The summed E-state index contributed by atoms with van der Waals surface area (Å²) in [4.78, 5) is 20.6. The van der Waals surface area contributed by atoms with Crippen LogP contribution in [-0.2, 0) is 0 Å². The van der Waals surface area contributed by atoms with Crippen LogP contribution in [0.15, 0.2) is 60.8 Å². The summed E-state index contributed by atoms with van der Waals surface area (Å²) in [6.07, 6.45) is 1.50. The van der Waals surface area contributed by atoms with E-state index in [9.17, 15) is 4.79 Å². The largest absolute Gasteiger partial charge is 0.497 e. The van der Waals surface area contributed by atoms with Crippen LogP contribution < -0.4 is 20.1 Å². The first kappa shape index (κ1) is 19.6. The van der Waals surface area contributed by atoms with E-state index in [1.54, 1.807) is 55.6 Å². The molecule has 0 saturated heterocycles. The predicted octanol–water partition coefficient (Wildman–Crippen LogP) is 2.91. The molecule has 1 aromatic heterocycles. The molecule has 0 saturated carbocycles. The molecule has 2 aromatic carbocycles. The second-order valence-corrected chi connectivity index (χ2v) is 5.86. The SMILES string of the molecule is COc1ccc(OCCNC(=O)c2ccnc(Nc3ccc(C#N)cc3)n2)cc1. The van der Waals surface area contributed by atoms with Gasteiger partial charge in [0, 0.05) is 11.9 Å². The maximum absolute atomic E-state index is 12.3. The molecular formula is C21H19N5O3. The third-order valence-corrected chi connectivity index (χ3v) is 3.87. The van der Waals surface area contributed by atoms with Gasteiger partial charge in [-0.1, -0.05) is 0 Å². The van der Waals surface area contributed by atoms with E-state index in [1.165, 1.54) is 12.3 Å². The van der Waals surface area contributed by atoms with Crippen LogP contribution in [0.2, 0.25) is 0 Å². The number of benzene rings is 2. The van der Waals surface area contributed by atoms with E-state index < -0.39 is 0 Å². The lowest BCUT2D eigenvalue weighted by atomic mass is 10.2. The number of carbonyl (C=O) groups excluding carboxylic acids is 1. The highest BCUT2D eigenvalue weighted by molar-refractivity contribution is 5.92. The van der Waals surface area contributed by atoms with E-state index in [1.807, 2.05) is 0 Å². The molecule has 0 spiro atoms. The number of anilines is 2. The van der Waals surface area contributed by atoms with Gasteiger partial charge in [-0.25, -0.2) is 9.97 Å². The normalized spacial score (nSPS) is 9.93. The third kappa shape index (κ3) is 5.68. The Morgan fingerprint density at radius 2 is 1.79 bits per heavy atom. The number of hydrogen-bond donors (Lipinski definition) is 2. The lowest BCUT2D eigenvalue weighted by Gasteiger charge is -2.09. The van der Waals surface area contributed by atoms with E-state index in [2.05, 4.69) is 26.7 Å². The Bertz CT molecular complexity index is 998. The van der Waals surface area contributed by atoms with Gasteiger partial charge < -0.3 is 20.1 Å². The number of ether oxygens (including phenoxy) is 2. The molecule has 146 valence electrons. The first-order chi connectivity index (χ1) is 14.2. The zero-order chi connectivity index (χ0) is 20.5. The van der Waals surface area contributed by atoms with Gasteiger partial charge in [0.25, 0.3) is 5.91 Å². The molecule has 29 heavy (non-hydrogen) atoms. The maximum atomic E-state index is 12.3. The number of methoxy groups -OCH3 is 1. The second kappa shape index (κ2) is 9.71. The number of nitriles is 1. The zero-order valence-electron chi connectivity index (χ0n) is 15.8. The molecule has 0 aliphatic rings. The number of amides is 1. The summed E-state index contributed by atoms with van der Waals surface area (Å²) >= 11 is 0. The van der Waals surface area contributed by atoms with Crippen molar-refractivity contribution in [2.45, 2.75) is 0 Å². The number of carbonyl (C=O) groups is 1. The van der Waals surface area contributed by atoms with Gasteiger partial charge in [0.15, 0.2) is 0 Å². The highest BCUT2D eigenvalue weighted by Crippen LogP contribution is 2.17. The van der Waals surface area contributed by atoms with Gasteiger partial charge in [-0.15, -0.1) is 0 Å². The summed E-state index contributed by atoms with van der Waals surface area (Å²) in [6, 6.07) is 17.6. The lowest BCUT2D eigenvalue weighted by molar-refractivity contribution is 0.0942. The fourth-order valence-electron chi connectivity index (χ4n) is 2.40. The standard InChI is InChI=1S/C21H19N5O3/c1-28-17-6-8-18(9-7-17)29-13-12-23-20(27)19-10-11-24-21(26-19)25-16-4-2-15(14-22)3-5-16/h2-11H,12-13H2,1H3,(H,23,27)(H,24,25,26). The van der Waals surface area contributed by atoms with Crippen molar-refractivity contribution >= 4 is 17.5 Å². The molecule has 0 aliphatic carbocycles. The van der Waals surface area contributed by atoms with Gasteiger partial charge in [0.05, 0.1) is 25.3 Å². The molecule has 0 atom stereocenters. The first-order valence-electron chi connectivity index (χ1n) is 8.83. The van der Waals surface area contributed by atoms with Crippen molar-refractivity contribution in [2.24, 2.45) is 0 Å². The molecule has 1 amide bonds. The molecule has 0 radical (unpaired) electrons. The molecule has 0 bridgehead atoms. The van der Waals surface area contributed by atoms with Crippen molar-refractivity contribution in [3.05, 3.63) is 72.1 Å². The van der Waals surface area contributed by atoms with Gasteiger partial charge in [0.2, 0.25) is 5.95 Å². The fraction of sp³-hybridized carbons (Fsp3) is 0.143. The van der Waals surface area contributed by atoms with E-state index in [0.29, 0.717) is 24.5 Å². The fourth-order valence-corrected chi connectivity index (χ4v) is 2.40. The summed E-state index contributed by atoms with van der Waals surface area (Å²) in [5.41, 5.74) is 1.51. The minimum Gasteiger partial charge on any atom is -0.497 e. The smallest absolute Gasteiger partial charge is 0.270 e. The van der Waals surface area contributed by atoms with E-state index in [0.717, 1.165) is 11.4 Å². The van der Waals surface area contributed by atoms with Crippen LogP contribution in [0.5, 0.6) is 11.5 Å². The summed E-state index contributed by atoms with van der Waals surface area (Å²) < 4.78 is 10.7. The van der Waals surface area contributed by atoms with Crippen molar-refractivity contribution in [3.63, 3.8) is 0 Å². The van der Waals surface area contributed by atoms with Crippen LogP contribution in [0, 0.1) is 11.3 Å². The molecular weight excluding hydrogens is 370 g/mol. The quantitative estimate of drug-likeness (QED) is 0.570. The molecule has 3 aromatic rings. The summed E-state index contributed by atoms with van der Waals surface area (Å²) in [7, 11) is 1.60. The van der Waals surface area contributed by atoms with Gasteiger partial charge in [-0.3, -0.25) is 4.79 Å². The number of hydrogen-bond acceptors (Lipinski definition) is 7. The summed E-state index contributed by atoms with van der Waals surface area (Å²) in [5, 5.41) is 14.6. The van der Waals surface area contributed by atoms with Crippen LogP contribution in [0.4, 0.5) is 11.6 Å². The molecule has 3 rings (SSSR count). The van der Waals surface area contributed by atoms with E-state index >= 15 is 0 Å². The predicted molar refractivity (Wildman–Crippen MR) is 107 cm³/mol. The van der Waals surface area contributed by atoms with Gasteiger partial charge in [-0.2, -0.15) is 5.26 Å². The van der Waals surface area contributed by atoms with Crippen molar-refractivity contribution in [2.75, 3.05) is 25.6 Å². The van der Waals surface area contributed by atoms with Crippen molar-refractivity contribution in [1.82, 2.24) is 15.3 Å². The number of rotatable bonds is 8.